The normalized spacial score (nSPS) is 17.2. The van der Waals surface area contributed by atoms with Crippen LogP contribution in [0.1, 0.15) is 28.6 Å². The quantitative estimate of drug-likeness (QED) is 0.684. The molecule has 0 aliphatic carbocycles. The summed E-state index contributed by atoms with van der Waals surface area (Å²) in [6.45, 7) is 3.81. The fraction of sp³-hybridized carbons (Fsp3) is 0.350. The molecule has 1 atom stereocenters. The summed E-state index contributed by atoms with van der Waals surface area (Å²) in [4.78, 5) is 6.82. The lowest BCUT2D eigenvalue weighted by Gasteiger charge is -2.31. The molecule has 1 aliphatic rings. The number of rotatable bonds is 6. The number of pyridine rings is 1. The van der Waals surface area contributed by atoms with Crippen LogP contribution >= 0.6 is 0 Å². The van der Waals surface area contributed by atoms with Crippen LogP contribution in [0.15, 0.2) is 54.7 Å². The average Bonchev–Trinajstić information content (AvgIpc) is 3.04. The first-order chi connectivity index (χ1) is 12.8. The Balaban J connectivity index is 1.44. The third-order valence-corrected chi connectivity index (χ3v) is 4.72. The minimum absolute atomic E-state index is 0.256. The zero-order chi connectivity index (χ0) is 17.8. The van der Waals surface area contributed by atoms with Crippen LogP contribution in [0.5, 0.6) is 0 Å². The van der Waals surface area contributed by atoms with E-state index < -0.39 is 0 Å². The van der Waals surface area contributed by atoms with Gasteiger partial charge in [0.15, 0.2) is 0 Å². The summed E-state index contributed by atoms with van der Waals surface area (Å²) in [5, 5.41) is 8.59. The minimum Gasteiger partial charge on any atom is -0.376 e. The summed E-state index contributed by atoms with van der Waals surface area (Å²) in [5.41, 5.74) is 4.50. The molecule has 6 nitrogen and oxygen atoms in total. The van der Waals surface area contributed by atoms with Crippen molar-refractivity contribution in [3.63, 3.8) is 0 Å². The zero-order valence-electron chi connectivity index (χ0n) is 15.0. The highest BCUT2D eigenvalue weighted by molar-refractivity contribution is 5.20. The summed E-state index contributed by atoms with van der Waals surface area (Å²) in [5.74, 6) is 0.256. The maximum absolute atomic E-state index is 6.03. The lowest BCUT2D eigenvalue weighted by Crippen LogP contribution is -2.36. The van der Waals surface area contributed by atoms with Gasteiger partial charge in [-0.2, -0.15) is 0 Å². The molecule has 3 heterocycles. The maximum Gasteiger partial charge on any atom is 0.100 e. The second-order valence-corrected chi connectivity index (χ2v) is 6.73. The summed E-state index contributed by atoms with van der Waals surface area (Å²) in [7, 11) is 1.96. The summed E-state index contributed by atoms with van der Waals surface area (Å²) in [6.07, 6.45) is 1.84. The largest absolute Gasteiger partial charge is 0.376 e. The molecule has 0 fully saturated rings. The Morgan fingerprint density at radius 2 is 1.96 bits per heavy atom. The molecule has 1 aliphatic heterocycles. The summed E-state index contributed by atoms with van der Waals surface area (Å²) >= 11 is 0. The number of hydrogen-bond acceptors (Lipinski definition) is 5. The van der Waals surface area contributed by atoms with Crippen LogP contribution in [-0.4, -0.2) is 38.0 Å². The van der Waals surface area contributed by atoms with Gasteiger partial charge in [-0.25, -0.2) is 0 Å². The van der Waals surface area contributed by atoms with E-state index in [1.54, 1.807) is 0 Å². The number of aromatic nitrogens is 4. The first-order valence-electron chi connectivity index (χ1n) is 8.92. The van der Waals surface area contributed by atoms with Crippen LogP contribution in [-0.2, 0) is 31.5 Å². The van der Waals surface area contributed by atoms with Gasteiger partial charge in [-0.15, -0.1) is 5.10 Å². The predicted octanol–water partition coefficient (Wildman–Crippen LogP) is 2.53. The van der Waals surface area contributed by atoms with Crippen LogP contribution in [0.25, 0.3) is 0 Å². The van der Waals surface area contributed by atoms with Gasteiger partial charge in [-0.3, -0.25) is 14.6 Å². The number of benzene rings is 1. The molecule has 0 spiro atoms. The summed E-state index contributed by atoms with van der Waals surface area (Å²) < 4.78 is 7.92. The average molecular weight is 349 g/mol. The van der Waals surface area contributed by atoms with Crippen LogP contribution in [0.2, 0.25) is 0 Å². The van der Waals surface area contributed by atoms with Crippen molar-refractivity contribution in [1.82, 2.24) is 24.9 Å². The van der Waals surface area contributed by atoms with E-state index in [0.717, 1.165) is 31.0 Å². The van der Waals surface area contributed by atoms with E-state index in [1.165, 1.54) is 11.3 Å². The van der Waals surface area contributed by atoms with Crippen LogP contribution in [0.3, 0.4) is 0 Å². The first kappa shape index (κ1) is 16.9. The molecule has 3 aromatic rings. The van der Waals surface area contributed by atoms with Crippen molar-refractivity contribution < 1.29 is 4.74 Å². The first-order valence-corrected chi connectivity index (χ1v) is 8.92. The van der Waals surface area contributed by atoms with Crippen molar-refractivity contribution in [2.24, 2.45) is 7.05 Å². The fourth-order valence-corrected chi connectivity index (χ4v) is 3.56. The number of nitrogens with zero attached hydrogens (tertiary/aromatic N) is 5. The number of fused-ring (bicyclic) bond motifs is 1. The van der Waals surface area contributed by atoms with Gasteiger partial charge in [0.25, 0.3) is 0 Å². The van der Waals surface area contributed by atoms with Crippen LogP contribution in [0, 0.1) is 0 Å². The number of ether oxygens (including phenoxy) is 1. The predicted molar refractivity (Wildman–Crippen MR) is 98.2 cm³/mol. The second-order valence-electron chi connectivity index (χ2n) is 6.73. The minimum atomic E-state index is 0.256. The lowest BCUT2D eigenvalue weighted by molar-refractivity contribution is 0.0827. The Labute approximate surface area is 153 Å². The molecule has 4 rings (SSSR count). The molecule has 26 heavy (non-hydrogen) atoms. The van der Waals surface area contributed by atoms with Crippen LogP contribution in [0.4, 0.5) is 0 Å². The molecule has 6 heteroatoms. The Morgan fingerprint density at radius 1 is 1.12 bits per heavy atom. The maximum atomic E-state index is 6.03. The highest BCUT2D eigenvalue weighted by atomic mass is 16.5. The highest BCUT2D eigenvalue weighted by Gasteiger charge is 2.30. The van der Waals surface area contributed by atoms with Crippen molar-refractivity contribution in [2.45, 2.75) is 25.6 Å². The van der Waals surface area contributed by atoms with Gasteiger partial charge < -0.3 is 4.74 Å². The van der Waals surface area contributed by atoms with Gasteiger partial charge in [0, 0.05) is 38.8 Å². The monoisotopic (exact) mass is 349 g/mol. The SMILES string of the molecule is Cn1nnc2c1C(COCc1ccccc1)CN(Cc1ccccn1)C2. The molecule has 0 amide bonds. The van der Waals surface area contributed by atoms with E-state index >= 15 is 0 Å². The third kappa shape index (κ3) is 3.81. The van der Waals surface area contributed by atoms with Crippen molar-refractivity contribution in [3.05, 3.63) is 77.4 Å². The van der Waals surface area contributed by atoms with Gasteiger partial charge >= 0.3 is 0 Å². The van der Waals surface area contributed by atoms with Crippen molar-refractivity contribution in [2.75, 3.05) is 13.2 Å². The van der Waals surface area contributed by atoms with E-state index in [1.807, 2.05) is 48.3 Å². The van der Waals surface area contributed by atoms with Gasteiger partial charge in [0.2, 0.25) is 0 Å². The van der Waals surface area contributed by atoms with E-state index in [-0.39, 0.29) is 5.92 Å². The molecular weight excluding hydrogens is 326 g/mol. The molecular formula is C20H23N5O. The molecule has 1 aromatic carbocycles. The number of hydrogen-bond donors (Lipinski definition) is 0. The highest BCUT2D eigenvalue weighted by Crippen LogP contribution is 2.27. The van der Waals surface area contributed by atoms with Crippen molar-refractivity contribution in [1.29, 1.82) is 0 Å². The smallest absolute Gasteiger partial charge is 0.100 e. The fourth-order valence-electron chi connectivity index (χ4n) is 3.56. The topological polar surface area (TPSA) is 56.1 Å². The Hall–Kier alpha value is -2.57. The molecule has 0 N–H and O–H groups in total. The zero-order valence-corrected chi connectivity index (χ0v) is 15.0. The Morgan fingerprint density at radius 3 is 2.77 bits per heavy atom. The van der Waals surface area contributed by atoms with Gasteiger partial charge in [0.1, 0.15) is 5.69 Å². The van der Waals surface area contributed by atoms with Crippen molar-refractivity contribution >= 4 is 0 Å². The lowest BCUT2D eigenvalue weighted by atomic mass is 9.98. The van der Waals surface area contributed by atoms with Gasteiger partial charge in [-0.05, 0) is 17.7 Å². The third-order valence-electron chi connectivity index (χ3n) is 4.72. The molecule has 134 valence electrons. The Kier molecular flexibility index (Phi) is 5.04. The molecule has 0 saturated heterocycles. The molecule has 2 aromatic heterocycles. The Bertz CT molecular complexity index is 834. The van der Waals surface area contributed by atoms with Crippen LogP contribution < -0.4 is 0 Å². The molecule has 0 saturated carbocycles. The van der Waals surface area contributed by atoms with E-state index in [0.29, 0.717) is 13.2 Å². The van der Waals surface area contributed by atoms with E-state index in [9.17, 15) is 0 Å². The van der Waals surface area contributed by atoms with E-state index in [4.69, 9.17) is 4.74 Å². The molecule has 1 unspecified atom stereocenters. The van der Waals surface area contributed by atoms with E-state index in [2.05, 4.69) is 38.4 Å². The summed E-state index contributed by atoms with van der Waals surface area (Å²) in [6, 6.07) is 16.3. The second kappa shape index (κ2) is 7.76. The number of aryl methyl sites for hydroxylation is 1. The standard InChI is InChI=1S/C20H23N5O/c1-24-20-17(15-26-14-16-7-3-2-4-8-16)11-25(13-19(20)22-23-24)12-18-9-5-6-10-21-18/h2-10,17H,11-15H2,1H3. The molecule has 0 radical (unpaired) electrons. The van der Waals surface area contributed by atoms with Gasteiger partial charge in [-0.1, -0.05) is 41.6 Å². The van der Waals surface area contributed by atoms with Gasteiger partial charge in [0.05, 0.1) is 24.6 Å². The van der Waals surface area contributed by atoms with Crippen molar-refractivity contribution in [3.8, 4) is 0 Å². The molecule has 0 bridgehead atoms.